The third kappa shape index (κ3) is 3.36. The number of nitrogens with zero attached hydrogens (tertiary/aromatic N) is 5. The highest BCUT2D eigenvalue weighted by molar-refractivity contribution is 5.91. The summed E-state index contributed by atoms with van der Waals surface area (Å²) in [6.07, 6.45) is 6.85. The van der Waals surface area contributed by atoms with Crippen LogP contribution in [0.4, 0.5) is 5.82 Å². The first kappa shape index (κ1) is 14.4. The van der Waals surface area contributed by atoms with Gasteiger partial charge in [0.25, 0.3) is 5.91 Å². The topological polar surface area (TPSA) is 83.9 Å². The molecule has 1 N–H and O–H groups in total. The van der Waals surface area contributed by atoms with Gasteiger partial charge in [0.2, 0.25) is 0 Å². The lowest BCUT2D eigenvalue weighted by molar-refractivity contribution is 0.0944. The molecule has 3 rings (SSSR count). The minimum absolute atomic E-state index is 0.276. The molecule has 1 amide bonds. The van der Waals surface area contributed by atoms with Crippen molar-refractivity contribution in [3.05, 3.63) is 41.9 Å². The first-order chi connectivity index (χ1) is 10.7. The fourth-order valence-corrected chi connectivity index (χ4v) is 2.47. The predicted molar refractivity (Wildman–Crippen MR) is 81.4 cm³/mol. The van der Waals surface area contributed by atoms with Gasteiger partial charge in [-0.15, -0.1) is 0 Å². The molecule has 1 aliphatic heterocycles. The van der Waals surface area contributed by atoms with E-state index in [9.17, 15) is 4.79 Å². The monoisotopic (exact) mass is 298 g/mol. The van der Waals surface area contributed by atoms with Crippen molar-refractivity contribution in [3.8, 4) is 0 Å². The Hall–Kier alpha value is -2.57. The highest BCUT2D eigenvalue weighted by Crippen LogP contribution is 2.18. The van der Waals surface area contributed by atoms with Crippen LogP contribution in [0.5, 0.6) is 0 Å². The van der Waals surface area contributed by atoms with Crippen LogP contribution in [-0.4, -0.2) is 38.9 Å². The number of hydrogen-bond donors (Lipinski definition) is 1. The maximum absolute atomic E-state index is 12.0. The van der Waals surface area contributed by atoms with Crippen molar-refractivity contribution in [2.24, 2.45) is 0 Å². The van der Waals surface area contributed by atoms with Crippen molar-refractivity contribution in [1.29, 1.82) is 0 Å². The van der Waals surface area contributed by atoms with E-state index in [0.717, 1.165) is 24.6 Å². The predicted octanol–water partition coefficient (Wildman–Crippen LogP) is 1.11. The smallest absolute Gasteiger partial charge is 0.271 e. The van der Waals surface area contributed by atoms with Gasteiger partial charge in [0.15, 0.2) is 0 Å². The second kappa shape index (κ2) is 6.46. The molecule has 0 aliphatic carbocycles. The Kier molecular flexibility index (Phi) is 4.22. The van der Waals surface area contributed by atoms with Gasteiger partial charge in [0, 0.05) is 37.2 Å². The molecule has 3 heterocycles. The van der Waals surface area contributed by atoms with Crippen molar-refractivity contribution >= 4 is 11.7 Å². The Balaban J connectivity index is 1.68. The Morgan fingerprint density at radius 2 is 2.09 bits per heavy atom. The maximum Gasteiger partial charge on any atom is 0.271 e. The van der Waals surface area contributed by atoms with Gasteiger partial charge < -0.3 is 10.2 Å². The molecule has 1 aliphatic rings. The largest absolute Gasteiger partial charge is 0.357 e. The molecule has 2 aromatic rings. The van der Waals surface area contributed by atoms with E-state index in [1.165, 1.54) is 31.4 Å². The molecule has 0 saturated carbocycles. The summed E-state index contributed by atoms with van der Waals surface area (Å²) < 4.78 is 0. The summed E-state index contributed by atoms with van der Waals surface area (Å²) in [5, 5.41) is 2.78. The van der Waals surface area contributed by atoms with Crippen molar-refractivity contribution in [3.63, 3.8) is 0 Å². The van der Waals surface area contributed by atoms with Crippen LogP contribution >= 0.6 is 0 Å². The Morgan fingerprint density at radius 1 is 1.27 bits per heavy atom. The number of anilines is 1. The lowest BCUT2D eigenvalue weighted by Gasteiger charge is -2.17. The van der Waals surface area contributed by atoms with Crippen LogP contribution in [0.2, 0.25) is 0 Å². The first-order valence-corrected chi connectivity index (χ1v) is 7.36. The van der Waals surface area contributed by atoms with E-state index in [0.29, 0.717) is 5.82 Å². The summed E-state index contributed by atoms with van der Waals surface area (Å²) >= 11 is 0. The van der Waals surface area contributed by atoms with E-state index in [2.05, 4.69) is 30.2 Å². The van der Waals surface area contributed by atoms with E-state index < -0.39 is 0 Å². The van der Waals surface area contributed by atoms with Crippen molar-refractivity contribution in [2.45, 2.75) is 26.3 Å². The standard InChI is InChI=1S/C15H18N6O/c1-11-8-14(21-6-2-3-7-21)20-13(19-11)10-18-15(22)12-9-16-4-5-17-12/h4-5,8-9H,2-3,6-7,10H2,1H3,(H,18,22). The summed E-state index contributed by atoms with van der Waals surface area (Å²) in [6.45, 7) is 4.27. The number of carbonyl (C=O) groups is 1. The SMILES string of the molecule is Cc1cc(N2CCCC2)nc(CNC(=O)c2cnccn2)n1. The zero-order chi connectivity index (χ0) is 15.4. The lowest BCUT2D eigenvalue weighted by atomic mass is 10.3. The fourth-order valence-electron chi connectivity index (χ4n) is 2.47. The number of aryl methyl sites for hydroxylation is 1. The van der Waals surface area contributed by atoms with Crippen LogP contribution < -0.4 is 10.2 Å². The highest BCUT2D eigenvalue weighted by Gasteiger charge is 2.15. The molecule has 0 unspecified atom stereocenters. The molecule has 0 radical (unpaired) electrons. The number of amides is 1. The minimum atomic E-state index is -0.277. The summed E-state index contributed by atoms with van der Waals surface area (Å²) in [5.74, 6) is 1.27. The van der Waals surface area contributed by atoms with Gasteiger partial charge in [-0.25, -0.2) is 15.0 Å². The molecular formula is C15H18N6O. The molecule has 0 atom stereocenters. The van der Waals surface area contributed by atoms with Gasteiger partial charge in [-0.3, -0.25) is 9.78 Å². The number of nitrogens with one attached hydrogen (secondary N) is 1. The molecule has 22 heavy (non-hydrogen) atoms. The molecule has 7 nitrogen and oxygen atoms in total. The zero-order valence-electron chi connectivity index (χ0n) is 12.5. The molecule has 1 saturated heterocycles. The quantitative estimate of drug-likeness (QED) is 0.910. The molecule has 0 aromatic carbocycles. The van der Waals surface area contributed by atoms with Crippen LogP contribution in [0.25, 0.3) is 0 Å². The first-order valence-electron chi connectivity index (χ1n) is 7.36. The van der Waals surface area contributed by atoms with Gasteiger partial charge in [0.1, 0.15) is 17.3 Å². The summed E-state index contributed by atoms with van der Waals surface area (Å²) in [5.41, 5.74) is 1.19. The Bertz CT molecular complexity index is 654. The zero-order valence-corrected chi connectivity index (χ0v) is 12.5. The molecule has 0 spiro atoms. The highest BCUT2D eigenvalue weighted by atomic mass is 16.1. The lowest BCUT2D eigenvalue weighted by Crippen LogP contribution is -2.26. The van der Waals surface area contributed by atoms with Crippen LogP contribution in [0.15, 0.2) is 24.7 Å². The average molecular weight is 298 g/mol. The number of hydrogen-bond acceptors (Lipinski definition) is 6. The molecule has 2 aromatic heterocycles. The van der Waals surface area contributed by atoms with Gasteiger partial charge in [-0.2, -0.15) is 0 Å². The second-order valence-corrected chi connectivity index (χ2v) is 5.25. The van der Waals surface area contributed by atoms with Gasteiger partial charge >= 0.3 is 0 Å². The maximum atomic E-state index is 12.0. The molecule has 7 heteroatoms. The van der Waals surface area contributed by atoms with Gasteiger partial charge in [-0.05, 0) is 19.8 Å². The van der Waals surface area contributed by atoms with Crippen LogP contribution in [0.3, 0.4) is 0 Å². The van der Waals surface area contributed by atoms with Crippen LogP contribution in [0, 0.1) is 6.92 Å². The summed E-state index contributed by atoms with van der Waals surface area (Å²) in [6, 6.07) is 1.99. The molecule has 114 valence electrons. The van der Waals surface area contributed by atoms with E-state index in [1.54, 1.807) is 0 Å². The number of aromatic nitrogens is 4. The van der Waals surface area contributed by atoms with Gasteiger partial charge in [-0.1, -0.05) is 0 Å². The Labute approximate surface area is 128 Å². The average Bonchev–Trinajstić information content (AvgIpc) is 3.07. The molecule has 0 bridgehead atoms. The number of carbonyl (C=O) groups excluding carboxylic acids is 1. The molecular weight excluding hydrogens is 280 g/mol. The second-order valence-electron chi connectivity index (χ2n) is 5.25. The summed E-state index contributed by atoms with van der Waals surface area (Å²) in [4.78, 5) is 31.0. The van der Waals surface area contributed by atoms with E-state index >= 15 is 0 Å². The molecule has 1 fully saturated rings. The van der Waals surface area contributed by atoms with Crippen molar-refractivity contribution < 1.29 is 4.79 Å². The summed E-state index contributed by atoms with van der Waals surface area (Å²) in [7, 11) is 0. The van der Waals surface area contributed by atoms with Crippen LogP contribution in [0.1, 0.15) is 34.8 Å². The number of rotatable bonds is 4. The van der Waals surface area contributed by atoms with Crippen molar-refractivity contribution in [2.75, 3.05) is 18.0 Å². The van der Waals surface area contributed by atoms with Gasteiger partial charge in [0.05, 0.1) is 12.7 Å². The van der Waals surface area contributed by atoms with Crippen molar-refractivity contribution in [1.82, 2.24) is 25.3 Å². The van der Waals surface area contributed by atoms with E-state index in [-0.39, 0.29) is 18.1 Å². The van der Waals surface area contributed by atoms with E-state index in [4.69, 9.17) is 0 Å². The van der Waals surface area contributed by atoms with Crippen LogP contribution in [-0.2, 0) is 6.54 Å². The fraction of sp³-hybridized carbons (Fsp3) is 0.400. The Morgan fingerprint density at radius 3 is 2.82 bits per heavy atom. The van der Waals surface area contributed by atoms with E-state index in [1.807, 2.05) is 13.0 Å². The third-order valence-corrected chi connectivity index (χ3v) is 3.52. The normalized spacial score (nSPS) is 14.1. The minimum Gasteiger partial charge on any atom is -0.357 e. The third-order valence-electron chi connectivity index (χ3n) is 3.52.